The van der Waals surface area contributed by atoms with Gasteiger partial charge in [0.2, 0.25) is 10.0 Å². The van der Waals surface area contributed by atoms with Crippen molar-refractivity contribution in [3.8, 4) is 0 Å². The maximum atomic E-state index is 12.5. The molecule has 1 aliphatic rings. The Labute approximate surface area is 119 Å². The van der Waals surface area contributed by atoms with Crippen LogP contribution in [0.5, 0.6) is 0 Å². The van der Waals surface area contributed by atoms with Crippen molar-refractivity contribution in [3.63, 3.8) is 0 Å². The van der Waals surface area contributed by atoms with Crippen LogP contribution in [0.15, 0.2) is 34.1 Å². The average molecular weight is 318 g/mol. The summed E-state index contributed by atoms with van der Waals surface area (Å²) in [7, 11) is -6.89. The second kappa shape index (κ2) is 5.44. The smallest absolute Gasteiger partial charge is 0.243 e. The van der Waals surface area contributed by atoms with Gasteiger partial charge in [0.05, 0.1) is 9.79 Å². The molecular weight excluding hydrogens is 300 g/mol. The summed E-state index contributed by atoms with van der Waals surface area (Å²) in [5.74, 6) is 0. The van der Waals surface area contributed by atoms with Crippen molar-refractivity contribution in [2.24, 2.45) is 0 Å². The van der Waals surface area contributed by atoms with Crippen LogP contribution in [0.4, 0.5) is 0 Å². The van der Waals surface area contributed by atoms with E-state index >= 15 is 0 Å². The predicted molar refractivity (Wildman–Crippen MR) is 75.8 cm³/mol. The van der Waals surface area contributed by atoms with Crippen molar-refractivity contribution in [1.29, 1.82) is 0 Å². The molecule has 112 valence electrons. The Morgan fingerprint density at radius 3 is 2.15 bits per heavy atom. The standard InChI is InChI=1S/C12H18N2O4S2/c1-10-9-13-7-8-14(10)20(17,18)12-5-3-11(4-6-12)19(2,15)16/h3-6,10,13H,7-9H2,1-2H3. The molecule has 0 bridgehead atoms. The molecule has 1 aliphatic heterocycles. The van der Waals surface area contributed by atoms with Crippen molar-refractivity contribution < 1.29 is 16.8 Å². The monoisotopic (exact) mass is 318 g/mol. The summed E-state index contributed by atoms with van der Waals surface area (Å²) < 4.78 is 49.2. The molecule has 1 aromatic carbocycles. The van der Waals surface area contributed by atoms with Crippen LogP contribution >= 0.6 is 0 Å². The Bertz CT molecular complexity index is 681. The Morgan fingerprint density at radius 2 is 1.65 bits per heavy atom. The topological polar surface area (TPSA) is 83.6 Å². The van der Waals surface area contributed by atoms with Gasteiger partial charge in [0, 0.05) is 31.9 Å². The molecule has 0 spiro atoms. The molecule has 6 nitrogen and oxygen atoms in total. The van der Waals surface area contributed by atoms with Gasteiger partial charge >= 0.3 is 0 Å². The lowest BCUT2D eigenvalue weighted by Crippen LogP contribution is -2.52. The highest BCUT2D eigenvalue weighted by molar-refractivity contribution is 7.90. The second-order valence-corrected chi connectivity index (χ2v) is 8.82. The highest BCUT2D eigenvalue weighted by Crippen LogP contribution is 2.21. The highest BCUT2D eigenvalue weighted by atomic mass is 32.2. The maximum Gasteiger partial charge on any atom is 0.243 e. The van der Waals surface area contributed by atoms with Gasteiger partial charge in [-0.3, -0.25) is 0 Å². The molecule has 1 unspecified atom stereocenters. The molecule has 0 amide bonds. The molecule has 1 heterocycles. The summed E-state index contributed by atoms with van der Waals surface area (Å²) in [4.78, 5) is 0.239. The number of sulfonamides is 1. The molecule has 20 heavy (non-hydrogen) atoms. The van der Waals surface area contributed by atoms with Gasteiger partial charge in [-0.2, -0.15) is 4.31 Å². The van der Waals surface area contributed by atoms with E-state index in [1.165, 1.54) is 28.6 Å². The summed E-state index contributed by atoms with van der Waals surface area (Å²) in [5, 5.41) is 3.13. The van der Waals surface area contributed by atoms with E-state index in [0.717, 1.165) is 6.26 Å². The maximum absolute atomic E-state index is 12.5. The molecule has 0 aliphatic carbocycles. The third kappa shape index (κ3) is 3.03. The molecule has 0 aromatic heterocycles. The van der Waals surface area contributed by atoms with Gasteiger partial charge < -0.3 is 5.32 Å². The molecule has 1 atom stereocenters. The molecule has 1 aromatic rings. The largest absolute Gasteiger partial charge is 0.314 e. The molecule has 2 rings (SSSR count). The van der Waals surface area contributed by atoms with Crippen molar-refractivity contribution in [1.82, 2.24) is 9.62 Å². The minimum Gasteiger partial charge on any atom is -0.314 e. The van der Waals surface area contributed by atoms with Gasteiger partial charge in [-0.1, -0.05) is 0 Å². The van der Waals surface area contributed by atoms with E-state index in [4.69, 9.17) is 0 Å². The first-order valence-electron chi connectivity index (χ1n) is 6.25. The third-order valence-corrected chi connectivity index (χ3v) is 6.46. The zero-order valence-corrected chi connectivity index (χ0v) is 13.0. The quantitative estimate of drug-likeness (QED) is 0.853. The van der Waals surface area contributed by atoms with Crippen molar-refractivity contribution in [2.75, 3.05) is 25.9 Å². The first-order valence-corrected chi connectivity index (χ1v) is 9.59. The zero-order valence-electron chi connectivity index (χ0n) is 11.4. The van der Waals surface area contributed by atoms with E-state index in [2.05, 4.69) is 5.32 Å². The second-order valence-electron chi connectivity index (χ2n) is 4.91. The molecule has 8 heteroatoms. The first kappa shape index (κ1) is 15.4. The number of nitrogens with one attached hydrogen (secondary N) is 1. The SMILES string of the molecule is CC1CNCCN1S(=O)(=O)c1ccc(S(C)(=O)=O)cc1. The van der Waals surface area contributed by atoms with Crippen molar-refractivity contribution in [3.05, 3.63) is 24.3 Å². The summed E-state index contributed by atoms with van der Waals surface area (Å²) >= 11 is 0. The summed E-state index contributed by atoms with van der Waals surface area (Å²) in [6, 6.07) is 5.23. The normalized spacial score (nSPS) is 21.8. The number of benzene rings is 1. The van der Waals surface area contributed by atoms with Crippen LogP contribution in [0, 0.1) is 0 Å². The van der Waals surface area contributed by atoms with E-state index < -0.39 is 19.9 Å². The first-order chi connectivity index (χ1) is 9.23. The summed E-state index contributed by atoms with van der Waals surface area (Å²) in [5.41, 5.74) is 0. The van der Waals surface area contributed by atoms with E-state index in [1.807, 2.05) is 6.92 Å². The van der Waals surface area contributed by atoms with E-state index in [0.29, 0.717) is 19.6 Å². The number of hydrogen-bond acceptors (Lipinski definition) is 5. The van der Waals surface area contributed by atoms with Crippen LogP contribution in [-0.2, 0) is 19.9 Å². The number of sulfone groups is 1. The zero-order chi connectivity index (χ0) is 15.0. The fraction of sp³-hybridized carbons (Fsp3) is 0.500. The Kier molecular flexibility index (Phi) is 4.19. The lowest BCUT2D eigenvalue weighted by molar-refractivity contribution is 0.284. The number of hydrogen-bond donors (Lipinski definition) is 1. The van der Waals surface area contributed by atoms with Crippen LogP contribution in [0.1, 0.15) is 6.92 Å². The molecular formula is C12H18N2O4S2. The van der Waals surface area contributed by atoms with Crippen LogP contribution in [0.2, 0.25) is 0 Å². The van der Waals surface area contributed by atoms with Crippen LogP contribution in [0.3, 0.4) is 0 Å². The highest BCUT2D eigenvalue weighted by Gasteiger charge is 2.30. The number of piperazine rings is 1. The van der Waals surface area contributed by atoms with Crippen molar-refractivity contribution >= 4 is 19.9 Å². The lowest BCUT2D eigenvalue weighted by atomic mass is 10.3. The van der Waals surface area contributed by atoms with Crippen LogP contribution in [-0.4, -0.2) is 53.1 Å². The van der Waals surface area contributed by atoms with E-state index in [1.54, 1.807) is 0 Å². The van der Waals surface area contributed by atoms with Gasteiger partial charge in [-0.15, -0.1) is 0 Å². The van der Waals surface area contributed by atoms with Gasteiger partial charge in [0.15, 0.2) is 9.84 Å². The lowest BCUT2D eigenvalue weighted by Gasteiger charge is -2.32. The number of rotatable bonds is 3. The molecule has 1 saturated heterocycles. The Balaban J connectivity index is 2.35. The molecule has 1 fully saturated rings. The average Bonchev–Trinajstić information content (AvgIpc) is 2.38. The van der Waals surface area contributed by atoms with Crippen LogP contribution < -0.4 is 5.32 Å². The van der Waals surface area contributed by atoms with Gasteiger partial charge in [-0.25, -0.2) is 16.8 Å². The fourth-order valence-electron chi connectivity index (χ4n) is 2.17. The fourth-order valence-corrected chi connectivity index (χ4v) is 4.43. The van der Waals surface area contributed by atoms with Crippen LogP contribution in [0.25, 0.3) is 0 Å². The van der Waals surface area contributed by atoms with Crippen molar-refractivity contribution in [2.45, 2.75) is 22.8 Å². The molecule has 0 saturated carbocycles. The third-order valence-electron chi connectivity index (χ3n) is 3.30. The Hall–Kier alpha value is -0.960. The number of nitrogens with zero attached hydrogens (tertiary/aromatic N) is 1. The van der Waals surface area contributed by atoms with E-state index in [-0.39, 0.29) is 15.8 Å². The minimum atomic E-state index is -3.57. The minimum absolute atomic E-state index is 0.116. The molecule has 0 radical (unpaired) electrons. The van der Waals surface area contributed by atoms with E-state index in [9.17, 15) is 16.8 Å². The van der Waals surface area contributed by atoms with Gasteiger partial charge in [0.1, 0.15) is 0 Å². The van der Waals surface area contributed by atoms with Gasteiger partial charge in [-0.05, 0) is 31.2 Å². The predicted octanol–water partition coefficient (Wildman–Crippen LogP) is 0.0725. The summed E-state index contributed by atoms with van der Waals surface area (Å²) in [6.07, 6.45) is 1.09. The Morgan fingerprint density at radius 1 is 1.10 bits per heavy atom. The summed E-state index contributed by atoms with van der Waals surface area (Å²) in [6.45, 7) is 3.48. The molecule has 1 N–H and O–H groups in total. The van der Waals surface area contributed by atoms with Gasteiger partial charge in [0.25, 0.3) is 0 Å².